The normalized spacial score (nSPS) is 17.3. The molecule has 6 heteroatoms. The minimum Gasteiger partial charge on any atom is -0.331 e. The Balaban J connectivity index is 1.69. The van der Waals surface area contributed by atoms with Crippen molar-refractivity contribution in [1.82, 2.24) is 14.7 Å². The molecule has 6 nitrogen and oxygen atoms in total. The molecule has 2 aromatic rings. The minimum atomic E-state index is -0.394. The van der Waals surface area contributed by atoms with Gasteiger partial charge in [-0.25, -0.2) is 4.68 Å². The van der Waals surface area contributed by atoms with Crippen LogP contribution in [0.4, 0.5) is 5.69 Å². The molecule has 0 unspecified atom stereocenters. The number of amides is 2. The van der Waals surface area contributed by atoms with Gasteiger partial charge in [-0.3, -0.25) is 9.59 Å². The Hall–Kier alpha value is -2.63. The number of nitrogens with zero attached hydrogens (tertiary/aromatic N) is 3. The second-order valence-electron chi connectivity index (χ2n) is 9.21. The summed E-state index contributed by atoms with van der Waals surface area (Å²) in [6.07, 6.45) is 3.09. The maximum atomic E-state index is 12.9. The van der Waals surface area contributed by atoms with Gasteiger partial charge in [-0.05, 0) is 68.9 Å². The van der Waals surface area contributed by atoms with Gasteiger partial charge in [0.25, 0.3) is 0 Å². The molecule has 29 heavy (non-hydrogen) atoms. The van der Waals surface area contributed by atoms with Crippen LogP contribution in [0, 0.1) is 19.3 Å². The van der Waals surface area contributed by atoms with E-state index in [2.05, 4.69) is 10.4 Å². The third kappa shape index (κ3) is 5.25. The van der Waals surface area contributed by atoms with Gasteiger partial charge in [0, 0.05) is 24.3 Å². The third-order valence-corrected chi connectivity index (χ3v) is 5.20. The highest BCUT2D eigenvalue weighted by molar-refractivity contribution is 5.97. The highest BCUT2D eigenvalue weighted by atomic mass is 16.2. The van der Waals surface area contributed by atoms with E-state index in [1.54, 1.807) is 4.90 Å². The SMILES string of the molecule is Cc1cc(C)n(-c2ccc(NC(=O)[C@H]3CCCCN3C(=O)CC(C)(C)C)cc2)n1. The highest BCUT2D eigenvalue weighted by Gasteiger charge is 2.33. The summed E-state index contributed by atoms with van der Waals surface area (Å²) in [6.45, 7) is 10.8. The fraction of sp³-hybridized carbons (Fsp3) is 0.522. The minimum absolute atomic E-state index is 0.0669. The molecule has 2 heterocycles. The first-order valence-electron chi connectivity index (χ1n) is 10.4. The molecule has 1 saturated heterocycles. The lowest BCUT2D eigenvalue weighted by Gasteiger charge is -2.36. The Morgan fingerprint density at radius 1 is 1.14 bits per heavy atom. The lowest BCUT2D eigenvalue weighted by Crippen LogP contribution is -2.50. The van der Waals surface area contributed by atoms with Crippen LogP contribution in [0.1, 0.15) is 57.8 Å². The van der Waals surface area contributed by atoms with Crippen LogP contribution >= 0.6 is 0 Å². The number of rotatable bonds is 4. The van der Waals surface area contributed by atoms with Crippen molar-refractivity contribution < 1.29 is 9.59 Å². The summed E-state index contributed by atoms with van der Waals surface area (Å²) in [6, 6.07) is 9.29. The molecule has 1 aromatic carbocycles. The smallest absolute Gasteiger partial charge is 0.247 e. The number of aromatic nitrogens is 2. The van der Waals surface area contributed by atoms with Gasteiger partial charge >= 0.3 is 0 Å². The Morgan fingerprint density at radius 3 is 2.41 bits per heavy atom. The summed E-state index contributed by atoms with van der Waals surface area (Å²) in [5.41, 5.74) is 3.63. The van der Waals surface area contributed by atoms with Gasteiger partial charge in [0.2, 0.25) is 11.8 Å². The first-order chi connectivity index (χ1) is 13.6. The van der Waals surface area contributed by atoms with Crippen molar-refractivity contribution in [1.29, 1.82) is 0 Å². The molecule has 0 spiro atoms. The van der Waals surface area contributed by atoms with E-state index in [9.17, 15) is 9.59 Å². The standard InChI is InChI=1S/C23H32N4O2/c1-16-14-17(2)27(25-16)19-11-9-18(10-12-19)24-22(29)20-8-6-7-13-26(20)21(28)15-23(3,4)5/h9-12,14,20H,6-8,13,15H2,1-5H3,(H,24,29)/t20-/m1/s1. The summed E-state index contributed by atoms with van der Waals surface area (Å²) in [4.78, 5) is 27.5. The molecule has 1 aliphatic heterocycles. The van der Waals surface area contributed by atoms with E-state index in [0.29, 0.717) is 19.4 Å². The van der Waals surface area contributed by atoms with Gasteiger partial charge in [0.15, 0.2) is 0 Å². The zero-order valence-corrected chi connectivity index (χ0v) is 18.2. The largest absolute Gasteiger partial charge is 0.331 e. The Kier molecular flexibility index (Phi) is 6.10. The maximum Gasteiger partial charge on any atom is 0.247 e. The highest BCUT2D eigenvalue weighted by Crippen LogP contribution is 2.25. The van der Waals surface area contributed by atoms with Crippen molar-refractivity contribution in [2.75, 3.05) is 11.9 Å². The van der Waals surface area contributed by atoms with E-state index in [1.807, 2.05) is 69.6 Å². The molecule has 0 radical (unpaired) electrons. The quantitative estimate of drug-likeness (QED) is 0.840. The summed E-state index contributed by atoms with van der Waals surface area (Å²) in [5.74, 6) is -0.0388. The molecule has 3 rings (SSSR count). The molecular formula is C23H32N4O2. The van der Waals surface area contributed by atoms with Gasteiger partial charge in [0.1, 0.15) is 6.04 Å². The van der Waals surface area contributed by atoms with Gasteiger partial charge < -0.3 is 10.2 Å². The predicted molar refractivity (Wildman–Crippen MR) is 115 cm³/mol. The second kappa shape index (κ2) is 8.39. The number of likely N-dealkylation sites (tertiary alicyclic amines) is 1. The van der Waals surface area contributed by atoms with Gasteiger partial charge in [0.05, 0.1) is 11.4 Å². The van der Waals surface area contributed by atoms with E-state index in [0.717, 1.165) is 35.6 Å². The van der Waals surface area contributed by atoms with E-state index >= 15 is 0 Å². The molecule has 0 saturated carbocycles. The van der Waals surface area contributed by atoms with Crippen LogP contribution < -0.4 is 5.32 Å². The fourth-order valence-corrected chi connectivity index (χ4v) is 3.86. The number of piperidine rings is 1. The lowest BCUT2D eigenvalue weighted by molar-refractivity contribution is -0.141. The van der Waals surface area contributed by atoms with Crippen molar-refractivity contribution in [2.45, 2.75) is 66.3 Å². The summed E-state index contributed by atoms with van der Waals surface area (Å²) >= 11 is 0. The Bertz CT molecular complexity index is 877. The molecule has 156 valence electrons. The summed E-state index contributed by atoms with van der Waals surface area (Å²) in [7, 11) is 0. The van der Waals surface area contributed by atoms with E-state index in [4.69, 9.17) is 0 Å². The van der Waals surface area contributed by atoms with Crippen LogP contribution in [-0.2, 0) is 9.59 Å². The molecule has 0 bridgehead atoms. The third-order valence-electron chi connectivity index (χ3n) is 5.20. The monoisotopic (exact) mass is 396 g/mol. The van der Waals surface area contributed by atoms with E-state index < -0.39 is 6.04 Å². The van der Waals surface area contributed by atoms with E-state index in [1.165, 1.54) is 0 Å². The van der Waals surface area contributed by atoms with Crippen molar-refractivity contribution in [3.8, 4) is 5.69 Å². The number of carbonyl (C=O) groups is 2. The van der Waals surface area contributed by atoms with Gasteiger partial charge in [-0.1, -0.05) is 20.8 Å². The molecular weight excluding hydrogens is 364 g/mol. The van der Waals surface area contributed by atoms with Crippen LogP contribution in [0.2, 0.25) is 0 Å². The van der Waals surface area contributed by atoms with Crippen molar-refractivity contribution >= 4 is 17.5 Å². The first-order valence-corrected chi connectivity index (χ1v) is 10.4. The number of aryl methyl sites for hydroxylation is 2. The van der Waals surface area contributed by atoms with Crippen LogP contribution in [0.25, 0.3) is 5.69 Å². The number of hydrogen-bond donors (Lipinski definition) is 1. The topological polar surface area (TPSA) is 67.2 Å². The van der Waals surface area contributed by atoms with Gasteiger partial charge in [-0.2, -0.15) is 5.10 Å². The van der Waals surface area contributed by atoms with Crippen LogP contribution in [0.5, 0.6) is 0 Å². The van der Waals surface area contributed by atoms with Crippen LogP contribution in [0.15, 0.2) is 30.3 Å². The molecule has 1 fully saturated rings. The summed E-state index contributed by atoms with van der Waals surface area (Å²) in [5, 5.41) is 7.48. The number of benzene rings is 1. The van der Waals surface area contributed by atoms with Crippen molar-refractivity contribution in [3.05, 3.63) is 41.7 Å². The molecule has 1 atom stereocenters. The molecule has 0 aliphatic carbocycles. The maximum absolute atomic E-state index is 12.9. The average molecular weight is 397 g/mol. The zero-order chi connectivity index (χ0) is 21.2. The lowest BCUT2D eigenvalue weighted by atomic mass is 9.90. The Labute approximate surface area is 173 Å². The Morgan fingerprint density at radius 2 is 1.83 bits per heavy atom. The van der Waals surface area contributed by atoms with Crippen LogP contribution in [0.3, 0.4) is 0 Å². The van der Waals surface area contributed by atoms with Crippen LogP contribution in [-0.4, -0.2) is 39.1 Å². The number of anilines is 1. The van der Waals surface area contributed by atoms with Gasteiger partial charge in [-0.15, -0.1) is 0 Å². The zero-order valence-electron chi connectivity index (χ0n) is 18.2. The van der Waals surface area contributed by atoms with Crippen molar-refractivity contribution in [3.63, 3.8) is 0 Å². The number of carbonyl (C=O) groups excluding carboxylic acids is 2. The van der Waals surface area contributed by atoms with E-state index in [-0.39, 0.29) is 17.2 Å². The first kappa shape index (κ1) is 21.1. The molecule has 1 aliphatic rings. The number of nitrogens with one attached hydrogen (secondary N) is 1. The average Bonchev–Trinajstić information content (AvgIpc) is 2.99. The summed E-state index contributed by atoms with van der Waals surface area (Å²) < 4.78 is 1.88. The molecule has 1 aromatic heterocycles. The molecule has 1 N–H and O–H groups in total. The number of hydrogen-bond acceptors (Lipinski definition) is 3. The second-order valence-corrected chi connectivity index (χ2v) is 9.21. The predicted octanol–water partition coefficient (Wildman–Crippen LogP) is 4.24. The van der Waals surface area contributed by atoms with Crippen molar-refractivity contribution in [2.24, 2.45) is 5.41 Å². The molecule has 2 amide bonds. The fourth-order valence-electron chi connectivity index (χ4n) is 3.86.